The van der Waals surface area contributed by atoms with Crippen LogP contribution in [0.2, 0.25) is 0 Å². The Hall–Kier alpha value is -1.43. The maximum absolute atomic E-state index is 12.9. The molecule has 0 spiro atoms. The molecular formula is C17H21N2O2S+. The number of fused-ring (bicyclic) bond motifs is 2. The molecule has 0 saturated carbocycles. The standard InChI is InChI=1S/C17H20N2O2S/c20-22(21,19-11-10-18-9-3-6-16(18)13-19)17-8-7-14-4-1-2-5-15(14)12-17/h1-2,4-5,7-8,12,16H,3,6,9-11,13H2/p+1/t16-/m1/s1. The van der Waals surface area contributed by atoms with Gasteiger partial charge in [-0.25, -0.2) is 8.42 Å². The second-order valence-corrected chi connectivity index (χ2v) is 8.31. The molecule has 116 valence electrons. The van der Waals surface area contributed by atoms with Gasteiger partial charge in [0, 0.05) is 12.8 Å². The van der Waals surface area contributed by atoms with E-state index in [0.29, 0.717) is 24.0 Å². The molecule has 2 aromatic rings. The first-order valence-corrected chi connectivity index (χ1v) is 9.42. The average molecular weight is 317 g/mol. The van der Waals surface area contributed by atoms with Gasteiger partial charge in [0.15, 0.2) is 0 Å². The number of quaternary nitrogens is 1. The van der Waals surface area contributed by atoms with Gasteiger partial charge >= 0.3 is 0 Å². The van der Waals surface area contributed by atoms with Crippen molar-refractivity contribution < 1.29 is 13.3 Å². The van der Waals surface area contributed by atoms with Gasteiger partial charge < -0.3 is 4.90 Å². The zero-order chi connectivity index (χ0) is 15.2. The number of nitrogens with zero attached hydrogens (tertiary/aromatic N) is 1. The molecule has 2 saturated heterocycles. The van der Waals surface area contributed by atoms with Crippen LogP contribution in [-0.2, 0) is 10.0 Å². The van der Waals surface area contributed by atoms with Gasteiger partial charge in [-0.2, -0.15) is 4.31 Å². The number of benzene rings is 2. The van der Waals surface area contributed by atoms with E-state index in [1.807, 2.05) is 30.3 Å². The molecule has 2 fully saturated rings. The fourth-order valence-corrected chi connectivity index (χ4v) is 5.36. The van der Waals surface area contributed by atoms with Crippen LogP contribution in [0.3, 0.4) is 0 Å². The van der Waals surface area contributed by atoms with Crippen LogP contribution in [0.1, 0.15) is 12.8 Å². The van der Waals surface area contributed by atoms with Crippen molar-refractivity contribution >= 4 is 20.8 Å². The second kappa shape index (κ2) is 5.33. The van der Waals surface area contributed by atoms with Crippen molar-refractivity contribution in [2.75, 3.05) is 26.2 Å². The first-order chi connectivity index (χ1) is 10.6. The van der Waals surface area contributed by atoms with Gasteiger partial charge in [0.25, 0.3) is 0 Å². The highest BCUT2D eigenvalue weighted by molar-refractivity contribution is 7.89. The molecule has 22 heavy (non-hydrogen) atoms. The van der Waals surface area contributed by atoms with E-state index in [1.54, 1.807) is 21.3 Å². The molecule has 2 heterocycles. The minimum atomic E-state index is -3.37. The normalized spacial score (nSPS) is 26.2. The molecule has 0 amide bonds. The average Bonchev–Trinajstić information content (AvgIpc) is 3.02. The summed E-state index contributed by atoms with van der Waals surface area (Å²) < 4.78 is 27.6. The van der Waals surface area contributed by atoms with Gasteiger partial charge in [-0.15, -0.1) is 0 Å². The van der Waals surface area contributed by atoms with Crippen LogP contribution in [0, 0.1) is 0 Å². The Bertz CT molecular complexity index is 803. The Morgan fingerprint density at radius 1 is 1.05 bits per heavy atom. The molecule has 2 aromatic carbocycles. The minimum absolute atomic E-state index is 0.424. The number of hydrogen-bond donors (Lipinski definition) is 1. The van der Waals surface area contributed by atoms with Crippen LogP contribution in [0.5, 0.6) is 0 Å². The molecule has 4 rings (SSSR count). The van der Waals surface area contributed by atoms with Crippen LogP contribution in [0.4, 0.5) is 0 Å². The number of rotatable bonds is 2. The highest BCUT2D eigenvalue weighted by Crippen LogP contribution is 2.23. The Morgan fingerprint density at radius 2 is 1.86 bits per heavy atom. The minimum Gasteiger partial charge on any atom is -0.330 e. The molecular weight excluding hydrogens is 296 g/mol. The van der Waals surface area contributed by atoms with Crippen LogP contribution >= 0.6 is 0 Å². The maximum Gasteiger partial charge on any atom is 0.243 e. The fourth-order valence-electron chi connectivity index (χ4n) is 3.83. The van der Waals surface area contributed by atoms with Crippen molar-refractivity contribution in [1.82, 2.24) is 4.31 Å². The summed E-state index contributed by atoms with van der Waals surface area (Å²) in [5.41, 5.74) is 0. The number of sulfonamides is 1. The van der Waals surface area contributed by atoms with E-state index in [-0.39, 0.29) is 0 Å². The van der Waals surface area contributed by atoms with Gasteiger partial charge in [-0.05, 0) is 22.9 Å². The van der Waals surface area contributed by atoms with Crippen molar-refractivity contribution in [3.05, 3.63) is 42.5 Å². The predicted octanol–water partition coefficient (Wildman–Crippen LogP) is 0.891. The summed E-state index contributed by atoms with van der Waals surface area (Å²) in [5.74, 6) is 0. The third-order valence-electron chi connectivity index (χ3n) is 5.09. The van der Waals surface area contributed by atoms with Crippen molar-refractivity contribution in [2.45, 2.75) is 23.8 Å². The Kier molecular flexibility index (Phi) is 3.44. The lowest BCUT2D eigenvalue weighted by atomic mass is 10.1. The molecule has 0 radical (unpaired) electrons. The highest BCUT2D eigenvalue weighted by atomic mass is 32.2. The number of nitrogens with one attached hydrogen (secondary N) is 1. The zero-order valence-electron chi connectivity index (χ0n) is 12.5. The van der Waals surface area contributed by atoms with Crippen molar-refractivity contribution in [3.63, 3.8) is 0 Å². The van der Waals surface area contributed by atoms with E-state index in [4.69, 9.17) is 0 Å². The van der Waals surface area contributed by atoms with E-state index >= 15 is 0 Å². The first-order valence-electron chi connectivity index (χ1n) is 7.98. The number of hydrogen-bond acceptors (Lipinski definition) is 2. The van der Waals surface area contributed by atoms with E-state index in [9.17, 15) is 8.42 Å². The van der Waals surface area contributed by atoms with Gasteiger partial charge in [0.1, 0.15) is 6.04 Å². The molecule has 4 nitrogen and oxygen atoms in total. The SMILES string of the molecule is O=S(=O)(c1ccc2ccccc2c1)N1CC[NH+]2CCC[C@@H]2C1. The molecule has 5 heteroatoms. The van der Waals surface area contributed by atoms with E-state index < -0.39 is 10.0 Å². The topological polar surface area (TPSA) is 41.8 Å². The summed E-state index contributed by atoms with van der Waals surface area (Å²) in [6, 6.07) is 13.8. The fraction of sp³-hybridized carbons (Fsp3) is 0.412. The van der Waals surface area contributed by atoms with E-state index in [0.717, 1.165) is 23.7 Å². The third-order valence-corrected chi connectivity index (χ3v) is 6.95. The van der Waals surface area contributed by atoms with Gasteiger partial charge in [-0.1, -0.05) is 30.3 Å². The van der Waals surface area contributed by atoms with Crippen molar-refractivity contribution in [1.29, 1.82) is 0 Å². The van der Waals surface area contributed by atoms with Crippen LogP contribution in [-0.4, -0.2) is 44.9 Å². The van der Waals surface area contributed by atoms with Gasteiger partial charge in [-0.3, -0.25) is 0 Å². The quantitative estimate of drug-likeness (QED) is 0.894. The maximum atomic E-state index is 12.9. The lowest BCUT2D eigenvalue weighted by Crippen LogP contribution is -3.16. The molecule has 0 aliphatic carbocycles. The number of piperazine rings is 1. The predicted molar refractivity (Wildman–Crippen MR) is 86.4 cm³/mol. The molecule has 2 atom stereocenters. The van der Waals surface area contributed by atoms with Crippen LogP contribution in [0.15, 0.2) is 47.4 Å². The largest absolute Gasteiger partial charge is 0.330 e. The van der Waals surface area contributed by atoms with E-state index in [2.05, 4.69) is 0 Å². The Morgan fingerprint density at radius 3 is 2.73 bits per heavy atom. The smallest absolute Gasteiger partial charge is 0.243 e. The molecule has 1 unspecified atom stereocenters. The Labute approximate surface area is 131 Å². The van der Waals surface area contributed by atoms with E-state index in [1.165, 1.54) is 13.0 Å². The van der Waals surface area contributed by atoms with Crippen LogP contribution < -0.4 is 4.90 Å². The zero-order valence-corrected chi connectivity index (χ0v) is 13.3. The van der Waals surface area contributed by atoms with Crippen LogP contribution in [0.25, 0.3) is 10.8 Å². The third kappa shape index (κ3) is 2.33. The molecule has 1 N–H and O–H groups in total. The molecule has 0 aromatic heterocycles. The van der Waals surface area contributed by atoms with Gasteiger partial charge in [0.2, 0.25) is 10.0 Å². The lowest BCUT2D eigenvalue weighted by molar-refractivity contribution is -0.916. The second-order valence-electron chi connectivity index (χ2n) is 6.37. The summed E-state index contributed by atoms with van der Waals surface area (Å²) >= 11 is 0. The molecule has 2 aliphatic heterocycles. The summed E-state index contributed by atoms with van der Waals surface area (Å²) in [6.07, 6.45) is 2.38. The summed E-state index contributed by atoms with van der Waals surface area (Å²) in [4.78, 5) is 2.01. The highest BCUT2D eigenvalue weighted by Gasteiger charge is 2.39. The molecule has 2 aliphatic rings. The summed E-state index contributed by atoms with van der Waals surface area (Å²) in [7, 11) is -3.37. The monoisotopic (exact) mass is 317 g/mol. The summed E-state index contributed by atoms with van der Waals surface area (Å²) in [6.45, 7) is 3.46. The molecule has 0 bridgehead atoms. The first kappa shape index (κ1) is 14.2. The lowest BCUT2D eigenvalue weighted by Gasteiger charge is -2.34. The van der Waals surface area contributed by atoms with Gasteiger partial charge in [0.05, 0.1) is 31.1 Å². The van der Waals surface area contributed by atoms with Crippen molar-refractivity contribution in [2.24, 2.45) is 0 Å². The summed E-state index contributed by atoms with van der Waals surface area (Å²) in [5, 5.41) is 2.06. The van der Waals surface area contributed by atoms with Crippen molar-refractivity contribution in [3.8, 4) is 0 Å². The Balaban J connectivity index is 1.66.